The second kappa shape index (κ2) is 3.17. The van der Waals surface area contributed by atoms with Gasteiger partial charge in [0.1, 0.15) is 0 Å². The number of carbonyl (C=O) groups is 1. The predicted octanol–water partition coefficient (Wildman–Crippen LogP) is 1.07. The number of aliphatic hydroxyl groups is 1. The quantitative estimate of drug-likeness (QED) is 0.730. The van der Waals surface area contributed by atoms with Crippen LogP contribution in [0.25, 0.3) is 0 Å². The molecule has 1 atom stereocenters. The van der Waals surface area contributed by atoms with Crippen LogP contribution in [0.1, 0.15) is 27.2 Å². The molecule has 1 N–H and O–H groups in total. The summed E-state index contributed by atoms with van der Waals surface area (Å²) >= 11 is 1.63. The number of thioether (sulfide) groups is 1. The van der Waals surface area contributed by atoms with Gasteiger partial charge in [0.05, 0.1) is 9.62 Å². The molecule has 0 aromatic rings. The largest absolute Gasteiger partial charge is 0.396 e. The zero-order chi connectivity index (χ0) is 10.3. The Kier molecular flexibility index (Phi) is 2.65. The standard InChI is InChI=1S/C9H17NO2S/c1-8(2)10(4)7(12)9(3,13-8)5-6-11/h11H,5-6H2,1-4H3. The molecular weight excluding hydrogens is 186 g/mol. The van der Waals surface area contributed by atoms with Crippen molar-refractivity contribution in [3.63, 3.8) is 0 Å². The van der Waals surface area contributed by atoms with E-state index >= 15 is 0 Å². The van der Waals surface area contributed by atoms with E-state index in [0.717, 1.165) is 0 Å². The van der Waals surface area contributed by atoms with Gasteiger partial charge in [-0.15, -0.1) is 11.8 Å². The van der Waals surface area contributed by atoms with E-state index in [-0.39, 0.29) is 17.4 Å². The van der Waals surface area contributed by atoms with Gasteiger partial charge in [-0.2, -0.15) is 0 Å². The van der Waals surface area contributed by atoms with Gasteiger partial charge in [0, 0.05) is 13.7 Å². The summed E-state index contributed by atoms with van der Waals surface area (Å²) in [6, 6.07) is 0. The lowest BCUT2D eigenvalue weighted by atomic mass is 10.1. The molecule has 3 nitrogen and oxygen atoms in total. The fraction of sp³-hybridized carbons (Fsp3) is 0.889. The Morgan fingerprint density at radius 3 is 2.31 bits per heavy atom. The van der Waals surface area contributed by atoms with Crippen molar-refractivity contribution in [3.8, 4) is 0 Å². The maximum Gasteiger partial charge on any atom is 0.239 e. The maximum atomic E-state index is 11.8. The molecule has 1 saturated heterocycles. The van der Waals surface area contributed by atoms with E-state index in [9.17, 15) is 4.79 Å². The summed E-state index contributed by atoms with van der Waals surface area (Å²) in [6.45, 7) is 6.02. The second-order valence-electron chi connectivity index (χ2n) is 4.12. The lowest BCUT2D eigenvalue weighted by Gasteiger charge is -2.25. The molecule has 76 valence electrons. The molecular formula is C9H17NO2S. The van der Waals surface area contributed by atoms with E-state index in [1.54, 1.807) is 16.7 Å². The number of hydrogen-bond acceptors (Lipinski definition) is 3. The van der Waals surface area contributed by atoms with Gasteiger partial charge in [0.15, 0.2) is 0 Å². The van der Waals surface area contributed by atoms with Crippen LogP contribution in [0, 0.1) is 0 Å². The maximum absolute atomic E-state index is 11.8. The Bertz CT molecular complexity index is 230. The molecule has 4 heteroatoms. The lowest BCUT2D eigenvalue weighted by molar-refractivity contribution is -0.132. The van der Waals surface area contributed by atoms with Gasteiger partial charge in [0.25, 0.3) is 0 Å². The van der Waals surface area contributed by atoms with Crippen LogP contribution in [0.15, 0.2) is 0 Å². The first-order valence-corrected chi connectivity index (χ1v) is 5.24. The van der Waals surface area contributed by atoms with Gasteiger partial charge < -0.3 is 10.0 Å². The Morgan fingerprint density at radius 2 is 2.00 bits per heavy atom. The molecule has 1 amide bonds. The van der Waals surface area contributed by atoms with E-state index in [1.165, 1.54) is 0 Å². The highest BCUT2D eigenvalue weighted by molar-refractivity contribution is 8.03. The molecule has 0 radical (unpaired) electrons. The van der Waals surface area contributed by atoms with E-state index in [1.807, 2.05) is 27.8 Å². The van der Waals surface area contributed by atoms with Gasteiger partial charge in [-0.1, -0.05) is 0 Å². The minimum Gasteiger partial charge on any atom is -0.396 e. The number of aliphatic hydroxyl groups excluding tert-OH is 1. The molecule has 1 rings (SSSR count). The first kappa shape index (κ1) is 10.9. The molecule has 0 aromatic carbocycles. The van der Waals surface area contributed by atoms with Crippen LogP contribution in [-0.4, -0.2) is 39.2 Å². The first-order valence-electron chi connectivity index (χ1n) is 4.43. The summed E-state index contributed by atoms with van der Waals surface area (Å²) in [6.07, 6.45) is 0.532. The second-order valence-corrected chi connectivity index (χ2v) is 6.22. The number of nitrogens with zero attached hydrogens (tertiary/aromatic N) is 1. The summed E-state index contributed by atoms with van der Waals surface area (Å²) in [5, 5.41) is 8.88. The highest BCUT2D eigenvalue weighted by Gasteiger charge is 2.51. The number of rotatable bonds is 2. The molecule has 1 heterocycles. The molecule has 1 aliphatic rings. The molecule has 1 unspecified atom stereocenters. The van der Waals surface area contributed by atoms with Crippen molar-refractivity contribution in [1.82, 2.24) is 4.90 Å². The third-order valence-electron chi connectivity index (χ3n) is 2.63. The van der Waals surface area contributed by atoms with E-state index in [2.05, 4.69) is 0 Å². The van der Waals surface area contributed by atoms with Crippen LogP contribution in [0.4, 0.5) is 0 Å². The molecule has 0 bridgehead atoms. The topological polar surface area (TPSA) is 40.5 Å². The fourth-order valence-electron chi connectivity index (χ4n) is 1.63. The molecule has 0 aliphatic carbocycles. The molecule has 0 aromatic heterocycles. The van der Waals surface area contributed by atoms with Gasteiger partial charge in [-0.05, 0) is 27.2 Å². The molecule has 0 saturated carbocycles. The number of amides is 1. The normalized spacial score (nSPS) is 32.7. The Morgan fingerprint density at radius 1 is 1.46 bits per heavy atom. The van der Waals surface area contributed by atoms with Crippen molar-refractivity contribution in [3.05, 3.63) is 0 Å². The van der Waals surface area contributed by atoms with Crippen LogP contribution in [-0.2, 0) is 4.79 Å². The Balaban J connectivity index is 2.88. The van der Waals surface area contributed by atoms with Crippen molar-refractivity contribution < 1.29 is 9.90 Å². The van der Waals surface area contributed by atoms with Crippen molar-refractivity contribution in [2.45, 2.75) is 36.8 Å². The third-order valence-corrected chi connectivity index (χ3v) is 4.23. The average Bonchev–Trinajstić information content (AvgIpc) is 2.13. The SMILES string of the molecule is CN1C(=O)C(C)(CCO)SC1(C)C. The average molecular weight is 203 g/mol. The van der Waals surface area contributed by atoms with E-state index in [4.69, 9.17) is 5.11 Å². The van der Waals surface area contributed by atoms with Gasteiger partial charge >= 0.3 is 0 Å². The monoisotopic (exact) mass is 203 g/mol. The lowest BCUT2D eigenvalue weighted by Crippen LogP contribution is -2.39. The van der Waals surface area contributed by atoms with Crippen molar-refractivity contribution in [1.29, 1.82) is 0 Å². The van der Waals surface area contributed by atoms with Gasteiger partial charge in [0.2, 0.25) is 5.91 Å². The molecule has 1 fully saturated rings. The Hall–Kier alpha value is -0.220. The summed E-state index contributed by atoms with van der Waals surface area (Å²) in [5.41, 5.74) is 0. The zero-order valence-corrected chi connectivity index (χ0v) is 9.44. The van der Waals surface area contributed by atoms with Gasteiger partial charge in [-0.3, -0.25) is 4.79 Å². The minimum absolute atomic E-state index is 0.0686. The highest BCUT2D eigenvalue weighted by atomic mass is 32.2. The van der Waals surface area contributed by atoms with Crippen molar-refractivity contribution in [2.75, 3.05) is 13.7 Å². The summed E-state index contributed by atoms with van der Waals surface area (Å²) in [7, 11) is 1.82. The van der Waals surface area contributed by atoms with Crippen molar-refractivity contribution >= 4 is 17.7 Å². The van der Waals surface area contributed by atoms with Crippen LogP contribution >= 0.6 is 11.8 Å². The Labute approximate surface area is 83.5 Å². The van der Waals surface area contributed by atoms with Gasteiger partial charge in [-0.25, -0.2) is 0 Å². The van der Waals surface area contributed by atoms with Crippen LogP contribution < -0.4 is 0 Å². The smallest absolute Gasteiger partial charge is 0.239 e. The third kappa shape index (κ3) is 1.70. The van der Waals surface area contributed by atoms with E-state index < -0.39 is 4.75 Å². The fourth-order valence-corrected chi connectivity index (χ4v) is 3.37. The highest BCUT2D eigenvalue weighted by Crippen LogP contribution is 2.48. The first-order chi connectivity index (χ1) is 5.83. The summed E-state index contributed by atoms with van der Waals surface area (Å²) in [5.74, 6) is 0.122. The zero-order valence-electron chi connectivity index (χ0n) is 8.63. The predicted molar refractivity (Wildman–Crippen MR) is 54.5 cm³/mol. The summed E-state index contributed by atoms with van der Waals surface area (Å²) in [4.78, 5) is 13.4. The molecule has 1 aliphatic heterocycles. The van der Waals surface area contributed by atoms with E-state index in [0.29, 0.717) is 6.42 Å². The van der Waals surface area contributed by atoms with Crippen LogP contribution in [0.3, 0.4) is 0 Å². The number of carbonyl (C=O) groups excluding carboxylic acids is 1. The summed E-state index contributed by atoms with van der Waals surface area (Å²) < 4.78 is -0.437. The molecule has 0 spiro atoms. The molecule has 13 heavy (non-hydrogen) atoms. The van der Waals surface area contributed by atoms with Crippen LogP contribution in [0.2, 0.25) is 0 Å². The minimum atomic E-state index is -0.437. The van der Waals surface area contributed by atoms with Crippen LogP contribution in [0.5, 0.6) is 0 Å². The van der Waals surface area contributed by atoms with Crippen molar-refractivity contribution in [2.24, 2.45) is 0 Å². The number of hydrogen-bond donors (Lipinski definition) is 1.